The predicted molar refractivity (Wildman–Crippen MR) is 138 cm³/mol. The summed E-state index contributed by atoms with van der Waals surface area (Å²) < 4.78 is 0. The Hall–Kier alpha value is -2.29. The number of halogens is 1. The molecule has 1 saturated heterocycles. The van der Waals surface area contributed by atoms with Crippen LogP contribution >= 0.6 is 12.4 Å². The van der Waals surface area contributed by atoms with Crippen molar-refractivity contribution < 1.29 is 5.11 Å². The van der Waals surface area contributed by atoms with E-state index in [1.165, 1.54) is 66.5 Å². The summed E-state index contributed by atoms with van der Waals surface area (Å²) in [6.45, 7) is 2.34. The van der Waals surface area contributed by atoms with Crippen LogP contribution in [-0.4, -0.2) is 29.1 Å². The van der Waals surface area contributed by atoms with E-state index in [4.69, 9.17) is 0 Å². The van der Waals surface area contributed by atoms with Gasteiger partial charge in [0, 0.05) is 18.0 Å². The van der Waals surface area contributed by atoms with E-state index in [1.807, 2.05) is 6.07 Å². The van der Waals surface area contributed by atoms with E-state index in [0.717, 1.165) is 25.3 Å². The second-order valence-electron chi connectivity index (χ2n) is 10.2. The van der Waals surface area contributed by atoms with Gasteiger partial charge in [0.05, 0.1) is 0 Å². The van der Waals surface area contributed by atoms with Crippen molar-refractivity contribution in [2.45, 2.75) is 56.4 Å². The maximum absolute atomic E-state index is 10.2. The number of phenolic OH excluding ortho intramolecular Hbond substituents is 1. The lowest BCUT2D eigenvalue weighted by molar-refractivity contribution is -0.0106. The number of aromatic hydroxyl groups is 1. The SMILES string of the molecule is Cl.Oc1ccc2c(c1)[C@@]13CCCC[C@H]1[C@@H](C2)N(CCc1ccc(-c2ccccc2)cc1)CC3. The molecule has 2 fully saturated rings. The number of hydrogen-bond acceptors (Lipinski definition) is 2. The van der Waals surface area contributed by atoms with Crippen LogP contribution in [0.25, 0.3) is 11.1 Å². The minimum absolute atomic E-state index is 0. The van der Waals surface area contributed by atoms with Crippen LogP contribution in [0.3, 0.4) is 0 Å². The fraction of sp³-hybridized carbons (Fsp3) is 0.400. The van der Waals surface area contributed by atoms with Crippen LogP contribution in [0.1, 0.15) is 48.8 Å². The molecule has 0 unspecified atom stereocenters. The lowest BCUT2D eigenvalue weighted by Gasteiger charge is -2.59. The minimum Gasteiger partial charge on any atom is -0.508 e. The van der Waals surface area contributed by atoms with Crippen LogP contribution in [0.4, 0.5) is 0 Å². The van der Waals surface area contributed by atoms with Crippen molar-refractivity contribution in [1.82, 2.24) is 4.90 Å². The Morgan fingerprint density at radius 1 is 0.879 bits per heavy atom. The topological polar surface area (TPSA) is 23.5 Å². The second kappa shape index (κ2) is 9.16. The van der Waals surface area contributed by atoms with Crippen LogP contribution in [0.5, 0.6) is 5.75 Å². The van der Waals surface area contributed by atoms with Gasteiger partial charge >= 0.3 is 0 Å². The molecule has 3 aliphatic rings. The van der Waals surface area contributed by atoms with Gasteiger partial charge in [-0.25, -0.2) is 0 Å². The van der Waals surface area contributed by atoms with Crippen LogP contribution in [0.15, 0.2) is 72.8 Å². The molecule has 2 nitrogen and oxygen atoms in total. The summed E-state index contributed by atoms with van der Waals surface area (Å²) >= 11 is 0. The molecule has 0 spiro atoms. The summed E-state index contributed by atoms with van der Waals surface area (Å²) in [6.07, 6.45) is 8.87. The molecule has 6 rings (SSSR count). The van der Waals surface area contributed by atoms with Gasteiger partial charge in [-0.1, -0.05) is 73.5 Å². The highest BCUT2D eigenvalue weighted by Crippen LogP contribution is 2.56. The van der Waals surface area contributed by atoms with Crippen molar-refractivity contribution in [3.05, 3.63) is 89.5 Å². The molecule has 3 aromatic rings. The first-order valence-electron chi connectivity index (χ1n) is 12.4. The highest BCUT2D eigenvalue weighted by Gasteiger charge is 2.53. The van der Waals surface area contributed by atoms with Gasteiger partial charge in [0.25, 0.3) is 0 Å². The van der Waals surface area contributed by atoms with Gasteiger partial charge in [0.15, 0.2) is 0 Å². The van der Waals surface area contributed by atoms with Gasteiger partial charge in [-0.2, -0.15) is 0 Å². The molecular weight excluding hydrogens is 426 g/mol. The molecule has 0 radical (unpaired) electrons. The molecule has 1 heterocycles. The summed E-state index contributed by atoms with van der Waals surface area (Å²) in [5, 5.41) is 10.2. The van der Waals surface area contributed by atoms with Crippen molar-refractivity contribution in [1.29, 1.82) is 0 Å². The Bertz CT molecular complexity index is 1100. The van der Waals surface area contributed by atoms with Gasteiger partial charge in [-0.15, -0.1) is 12.4 Å². The van der Waals surface area contributed by atoms with E-state index >= 15 is 0 Å². The third kappa shape index (κ3) is 3.98. The lowest BCUT2D eigenvalue weighted by Crippen LogP contribution is -2.61. The number of piperidine rings is 1. The Labute approximate surface area is 204 Å². The fourth-order valence-corrected chi connectivity index (χ4v) is 7.12. The zero-order valence-electron chi connectivity index (χ0n) is 19.2. The number of benzene rings is 3. The molecule has 3 aromatic carbocycles. The zero-order valence-corrected chi connectivity index (χ0v) is 20.1. The van der Waals surface area contributed by atoms with E-state index in [9.17, 15) is 5.11 Å². The van der Waals surface area contributed by atoms with Crippen molar-refractivity contribution in [3.8, 4) is 16.9 Å². The van der Waals surface area contributed by atoms with E-state index in [1.54, 1.807) is 0 Å². The first-order valence-corrected chi connectivity index (χ1v) is 12.4. The second-order valence-corrected chi connectivity index (χ2v) is 10.2. The molecule has 2 bridgehead atoms. The van der Waals surface area contributed by atoms with Gasteiger partial charge in [-0.3, -0.25) is 4.90 Å². The number of hydrogen-bond donors (Lipinski definition) is 1. The highest BCUT2D eigenvalue weighted by atomic mass is 35.5. The Morgan fingerprint density at radius 2 is 1.67 bits per heavy atom. The summed E-state index contributed by atoms with van der Waals surface area (Å²) in [4.78, 5) is 2.80. The van der Waals surface area contributed by atoms with E-state index < -0.39 is 0 Å². The quantitative estimate of drug-likeness (QED) is 0.464. The van der Waals surface area contributed by atoms with E-state index in [-0.39, 0.29) is 12.4 Å². The Morgan fingerprint density at radius 3 is 2.48 bits per heavy atom. The standard InChI is InChI=1S/C30H33NO.ClH/c32-26-14-13-25-20-29-27-8-4-5-16-30(27,28(25)21-26)17-19-31(29)18-15-22-9-11-24(12-10-22)23-6-2-1-3-7-23;/h1-3,6-7,9-14,21,27,29,32H,4-5,8,15-20H2;1H/t27-,29+,30+;/m0./s1. The highest BCUT2D eigenvalue weighted by molar-refractivity contribution is 5.85. The Kier molecular flexibility index (Phi) is 6.24. The number of fused-ring (bicyclic) bond motifs is 1. The summed E-state index contributed by atoms with van der Waals surface area (Å²) in [7, 11) is 0. The summed E-state index contributed by atoms with van der Waals surface area (Å²) in [5.41, 5.74) is 7.30. The molecular formula is C30H34ClNO. The average molecular weight is 460 g/mol. The monoisotopic (exact) mass is 459 g/mol. The number of nitrogens with zero attached hydrogens (tertiary/aromatic N) is 1. The molecule has 1 N–H and O–H groups in total. The third-order valence-electron chi connectivity index (χ3n) is 8.68. The van der Waals surface area contributed by atoms with Crippen LogP contribution in [-0.2, 0) is 18.3 Å². The summed E-state index contributed by atoms with van der Waals surface area (Å²) in [6, 6.07) is 26.7. The molecule has 0 aromatic heterocycles. The maximum atomic E-state index is 10.2. The van der Waals surface area contributed by atoms with Crippen LogP contribution in [0, 0.1) is 5.92 Å². The van der Waals surface area contributed by atoms with E-state index in [2.05, 4.69) is 71.6 Å². The van der Waals surface area contributed by atoms with Gasteiger partial charge in [-0.05, 0) is 84.5 Å². The van der Waals surface area contributed by atoms with Gasteiger partial charge in [0.2, 0.25) is 0 Å². The van der Waals surface area contributed by atoms with Crippen molar-refractivity contribution in [2.24, 2.45) is 5.92 Å². The third-order valence-corrected chi connectivity index (χ3v) is 8.68. The molecule has 1 saturated carbocycles. The molecule has 3 heteroatoms. The lowest BCUT2D eigenvalue weighted by atomic mass is 9.52. The number of likely N-dealkylation sites (tertiary alicyclic amines) is 1. The minimum atomic E-state index is 0. The van der Waals surface area contributed by atoms with Crippen molar-refractivity contribution in [2.75, 3.05) is 13.1 Å². The normalized spacial score (nSPS) is 26.1. The largest absolute Gasteiger partial charge is 0.508 e. The van der Waals surface area contributed by atoms with Crippen LogP contribution in [0.2, 0.25) is 0 Å². The molecule has 33 heavy (non-hydrogen) atoms. The van der Waals surface area contributed by atoms with Crippen molar-refractivity contribution >= 4 is 12.4 Å². The average Bonchev–Trinajstić information content (AvgIpc) is 2.85. The molecule has 1 aliphatic heterocycles. The van der Waals surface area contributed by atoms with E-state index in [0.29, 0.717) is 17.2 Å². The zero-order chi connectivity index (χ0) is 21.5. The van der Waals surface area contributed by atoms with Crippen LogP contribution < -0.4 is 0 Å². The summed E-state index contributed by atoms with van der Waals surface area (Å²) in [5.74, 6) is 1.20. The first kappa shape index (κ1) is 22.5. The van der Waals surface area contributed by atoms with Crippen molar-refractivity contribution in [3.63, 3.8) is 0 Å². The maximum Gasteiger partial charge on any atom is 0.115 e. The fourth-order valence-electron chi connectivity index (χ4n) is 7.12. The molecule has 2 aliphatic carbocycles. The molecule has 3 atom stereocenters. The molecule has 0 amide bonds. The molecule has 172 valence electrons. The first-order chi connectivity index (χ1) is 15.7. The number of rotatable bonds is 4. The predicted octanol–water partition coefficient (Wildman–Crippen LogP) is 6.78. The smallest absolute Gasteiger partial charge is 0.115 e. The van der Waals surface area contributed by atoms with Gasteiger partial charge in [0.1, 0.15) is 5.75 Å². The number of phenols is 1. The van der Waals surface area contributed by atoms with Gasteiger partial charge < -0.3 is 5.11 Å². The Balaban J connectivity index is 0.00000228.